The lowest BCUT2D eigenvalue weighted by Gasteiger charge is -2.49. The van der Waals surface area contributed by atoms with Gasteiger partial charge < -0.3 is 17.7 Å². The Kier molecular flexibility index (Phi) is 11.5. The largest absolute Gasteiger partial charge is 0.681 e. The Morgan fingerprint density at radius 3 is 0.541 bits per heavy atom. The van der Waals surface area contributed by atoms with Crippen molar-refractivity contribution in [2.24, 2.45) is 21.7 Å². The normalized spacial score (nSPS) is 15.9. The number of hydrogen-bond acceptors (Lipinski definition) is 4. The Balaban J connectivity index is 6.96. The van der Waals surface area contributed by atoms with Gasteiger partial charge >= 0.3 is 9.05 Å². The monoisotopic (exact) mass is 544 g/mol. The lowest BCUT2D eigenvalue weighted by Crippen LogP contribution is -2.64. The van der Waals surface area contributed by atoms with Crippen molar-refractivity contribution in [3.63, 3.8) is 0 Å². The maximum Gasteiger partial charge on any atom is 0.681 e. The van der Waals surface area contributed by atoms with Gasteiger partial charge in [0.1, 0.15) is 0 Å². The molecule has 0 radical (unpaired) electrons. The zero-order chi connectivity index (χ0) is 30.2. The van der Waals surface area contributed by atoms with E-state index in [9.17, 15) is 0 Å². The third-order valence-electron chi connectivity index (χ3n) is 5.43. The Hall–Kier alpha value is 0.0569. The molecule has 4 nitrogen and oxygen atoms in total. The Bertz CT molecular complexity index is 582. The number of rotatable bonds is 12. The summed E-state index contributed by atoms with van der Waals surface area (Å²) in [5, 5.41) is 0. The Labute approximate surface area is 234 Å². The molecule has 0 saturated heterocycles. The van der Waals surface area contributed by atoms with E-state index >= 15 is 0 Å². The lowest BCUT2D eigenvalue weighted by atomic mass is 9.84. The van der Waals surface area contributed by atoms with Gasteiger partial charge in [0, 0.05) is 0 Å². The summed E-state index contributed by atoms with van der Waals surface area (Å²) in [4.78, 5) is 0. The molecule has 0 rings (SSSR count). The Morgan fingerprint density at radius 1 is 0.297 bits per heavy atom. The molecule has 0 spiro atoms. The molecule has 0 fully saturated rings. The summed E-state index contributed by atoms with van der Waals surface area (Å²) < 4.78 is 28.5. The minimum Gasteiger partial charge on any atom is -0.346 e. The molecule has 0 aromatic rings. The van der Waals surface area contributed by atoms with Crippen LogP contribution in [-0.4, -0.2) is 31.5 Å². The molecular weight excluding hydrogens is 476 g/mol. The molecule has 0 atom stereocenters. The maximum atomic E-state index is 7.12. The highest BCUT2D eigenvalue weighted by Crippen LogP contribution is 2.43. The molecule has 0 heterocycles. The standard InChI is InChI=1S/C32H68O4Si/c1-25(2,3)21-29(13,14)33-37(34-30(15,16)22-26(4,5)6,35-31(17,18)23-27(7,8)9)36-32(19,20)24-28(10,11)12/h21-24H2,1-20H3. The van der Waals surface area contributed by atoms with Crippen LogP contribution in [0.3, 0.4) is 0 Å². The fourth-order valence-corrected chi connectivity index (χ4v) is 9.98. The van der Waals surface area contributed by atoms with E-state index in [1.165, 1.54) is 0 Å². The molecule has 0 aromatic carbocycles. The van der Waals surface area contributed by atoms with Crippen LogP contribution in [0.25, 0.3) is 0 Å². The molecule has 0 aliphatic rings. The van der Waals surface area contributed by atoms with E-state index in [0.717, 1.165) is 25.7 Å². The molecular formula is C32H68O4Si. The first-order valence-corrected chi connectivity index (χ1v) is 16.1. The predicted octanol–water partition coefficient (Wildman–Crippen LogP) is 10.3. The van der Waals surface area contributed by atoms with Crippen LogP contribution in [0.2, 0.25) is 0 Å². The summed E-state index contributed by atoms with van der Waals surface area (Å²) in [6.07, 6.45) is 3.40. The zero-order valence-corrected chi connectivity index (χ0v) is 30.0. The van der Waals surface area contributed by atoms with Crippen molar-refractivity contribution in [3.8, 4) is 0 Å². The summed E-state index contributed by atoms with van der Waals surface area (Å²) in [5.41, 5.74) is -1.71. The quantitative estimate of drug-likeness (QED) is 0.229. The van der Waals surface area contributed by atoms with Crippen LogP contribution in [0.4, 0.5) is 0 Å². The van der Waals surface area contributed by atoms with Crippen molar-refractivity contribution >= 4 is 9.05 Å². The van der Waals surface area contributed by atoms with Crippen molar-refractivity contribution in [1.29, 1.82) is 0 Å². The first kappa shape index (κ1) is 37.1. The van der Waals surface area contributed by atoms with Crippen LogP contribution in [0.5, 0.6) is 0 Å². The number of hydrogen-bond donors (Lipinski definition) is 0. The second kappa shape index (κ2) is 11.5. The summed E-state index contributed by atoms with van der Waals surface area (Å²) in [6.45, 7) is 44.2. The van der Waals surface area contributed by atoms with Crippen LogP contribution >= 0.6 is 0 Å². The summed E-state index contributed by atoms with van der Waals surface area (Å²) in [7, 11) is -3.74. The molecule has 37 heavy (non-hydrogen) atoms. The SMILES string of the molecule is CC(C)(C)CC(C)(C)O[Si](OC(C)(C)CC(C)(C)C)(OC(C)(C)CC(C)(C)C)OC(C)(C)CC(C)(C)C. The van der Waals surface area contributed by atoms with Crippen LogP contribution in [0.15, 0.2) is 0 Å². The van der Waals surface area contributed by atoms with Gasteiger partial charge in [-0.05, 0) is 103 Å². The van der Waals surface area contributed by atoms with Gasteiger partial charge in [0.25, 0.3) is 0 Å². The molecule has 0 saturated carbocycles. The lowest BCUT2D eigenvalue weighted by molar-refractivity contribution is -0.181. The van der Waals surface area contributed by atoms with Crippen molar-refractivity contribution in [3.05, 3.63) is 0 Å². The molecule has 224 valence electrons. The van der Waals surface area contributed by atoms with Gasteiger partial charge in [0.15, 0.2) is 0 Å². The molecule has 5 heteroatoms. The average molecular weight is 545 g/mol. The van der Waals surface area contributed by atoms with Crippen LogP contribution in [-0.2, 0) is 17.7 Å². The van der Waals surface area contributed by atoms with E-state index in [1.807, 2.05) is 0 Å². The van der Waals surface area contributed by atoms with Crippen LogP contribution in [0, 0.1) is 21.7 Å². The maximum absolute atomic E-state index is 7.12. The van der Waals surface area contributed by atoms with Crippen molar-refractivity contribution in [2.45, 2.75) is 187 Å². The van der Waals surface area contributed by atoms with Gasteiger partial charge in [-0.1, -0.05) is 83.1 Å². The first-order chi connectivity index (χ1) is 15.7. The van der Waals surface area contributed by atoms with Crippen molar-refractivity contribution in [1.82, 2.24) is 0 Å². The molecule has 0 aliphatic heterocycles. The Morgan fingerprint density at radius 2 is 0.432 bits per heavy atom. The van der Waals surface area contributed by atoms with Gasteiger partial charge in [-0.2, -0.15) is 0 Å². The highest BCUT2D eigenvalue weighted by Gasteiger charge is 2.59. The molecule has 0 aromatic heterocycles. The van der Waals surface area contributed by atoms with E-state index in [0.29, 0.717) is 0 Å². The highest BCUT2D eigenvalue weighted by atomic mass is 28.4. The van der Waals surface area contributed by atoms with Gasteiger partial charge in [0.05, 0.1) is 22.4 Å². The third kappa shape index (κ3) is 18.1. The second-order valence-corrected chi connectivity index (χ2v) is 20.7. The molecule has 0 unspecified atom stereocenters. The van der Waals surface area contributed by atoms with Crippen molar-refractivity contribution < 1.29 is 17.7 Å². The van der Waals surface area contributed by atoms with E-state index in [-0.39, 0.29) is 21.7 Å². The smallest absolute Gasteiger partial charge is 0.346 e. The minimum atomic E-state index is -3.74. The van der Waals surface area contributed by atoms with Crippen molar-refractivity contribution in [2.75, 3.05) is 0 Å². The molecule has 0 bridgehead atoms. The average Bonchev–Trinajstić information content (AvgIpc) is 2.29. The second-order valence-electron chi connectivity index (χ2n) is 18.9. The fourth-order valence-electron chi connectivity index (χ4n) is 6.73. The van der Waals surface area contributed by atoms with E-state index in [4.69, 9.17) is 17.7 Å². The van der Waals surface area contributed by atoms with Gasteiger partial charge in [-0.15, -0.1) is 0 Å². The summed E-state index contributed by atoms with van der Waals surface area (Å²) >= 11 is 0. The predicted molar refractivity (Wildman–Crippen MR) is 163 cm³/mol. The van der Waals surface area contributed by atoms with Crippen LogP contribution in [0.1, 0.15) is 164 Å². The van der Waals surface area contributed by atoms with E-state index in [1.54, 1.807) is 0 Å². The highest BCUT2D eigenvalue weighted by molar-refractivity contribution is 6.54. The molecule has 0 amide bonds. The first-order valence-electron chi connectivity index (χ1n) is 14.5. The third-order valence-corrected chi connectivity index (χ3v) is 8.64. The molecule has 0 aliphatic carbocycles. The summed E-state index contributed by atoms with van der Waals surface area (Å²) in [5.74, 6) is 0. The van der Waals surface area contributed by atoms with E-state index < -0.39 is 31.5 Å². The van der Waals surface area contributed by atoms with Gasteiger partial charge in [-0.3, -0.25) is 0 Å². The zero-order valence-electron chi connectivity index (χ0n) is 29.0. The minimum absolute atomic E-state index is 0.0758. The topological polar surface area (TPSA) is 36.9 Å². The molecule has 0 N–H and O–H groups in total. The van der Waals surface area contributed by atoms with Gasteiger partial charge in [-0.25, -0.2) is 0 Å². The summed E-state index contributed by atoms with van der Waals surface area (Å²) in [6, 6.07) is 0. The fraction of sp³-hybridized carbons (Fsp3) is 1.00. The van der Waals surface area contributed by atoms with E-state index in [2.05, 4.69) is 138 Å². The van der Waals surface area contributed by atoms with Gasteiger partial charge in [0.2, 0.25) is 0 Å². The van der Waals surface area contributed by atoms with Crippen LogP contribution < -0.4 is 0 Å².